The van der Waals surface area contributed by atoms with Crippen LogP contribution in [0.4, 0.5) is 0 Å². The molecular weight excluding hydrogens is 290 g/mol. The number of hydrogen-bond donors (Lipinski definition) is 0. The molecule has 3 rings (SSSR count). The number of ether oxygens (including phenoxy) is 1. The number of benzene rings is 1. The Hall–Kier alpha value is -1.72. The standard InChI is InChI=1S/C15H16ClN3O2/c1-14(2)11-12(15(3,4)21-14)19(20)13(18-17-11)9-5-7-10(16)8-6-9/h5-8H,1-4H3. The highest BCUT2D eigenvalue weighted by molar-refractivity contribution is 6.30. The molecule has 2 aromatic rings. The van der Waals surface area contributed by atoms with Gasteiger partial charge in [0, 0.05) is 5.02 Å². The van der Waals surface area contributed by atoms with E-state index < -0.39 is 11.2 Å². The normalized spacial score (nSPS) is 18.5. The molecule has 0 atom stereocenters. The molecule has 1 aromatic carbocycles. The third-order valence-corrected chi connectivity index (χ3v) is 3.87. The number of rotatable bonds is 1. The second-order valence-electron chi connectivity index (χ2n) is 6.14. The molecule has 1 aliphatic rings. The van der Waals surface area contributed by atoms with Crippen molar-refractivity contribution in [2.45, 2.75) is 38.9 Å². The van der Waals surface area contributed by atoms with E-state index in [1.807, 2.05) is 27.7 Å². The van der Waals surface area contributed by atoms with Gasteiger partial charge in [0.25, 0.3) is 0 Å². The number of hydrogen-bond acceptors (Lipinski definition) is 4. The van der Waals surface area contributed by atoms with Crippen molar-refractivity contribution in [2.75, 3.05) is 0 Å². The average molecular weight is 306 g/mol. The first kappa shape index (κ1) is 14.2. The first-order valence-electron chi connectivity index (χ1n) is 6.70. The SMILES string of the molecule is CC1(C)OC(C)(C)c2c1nnc(-c1ccc(Cl)cc1)[n+]2[O-]. The van der Waals surface area contributed by atoms with Crippen LogP contribution in [0.3, 0.4) is 0 Å². The van der Waals surface area contributed by atoms with Crippen molar-refractivity contribution in [3.63, 3.8) is 0 Å². The topological polar surface area (TPSA) is 62.0 Å². The smallest absolute Gasteiger partial charge is 0.361 e. The monoisotopic (exact) mass is 305 g/mol. The molecule has 5 nitrogen and oxygen atoms in total. The van der Waals surface area contributed by atoms with Crippen LogP contribution in [0, 0.1) is 5.21 Å². The van der Waals surface area contributed by atoms with Gasteiger partial charge in [-0.2, -0.15) is 0 Å². The van der Waals surface area contributed by atoms with Gasteiger partial charge in [-0.1, -0.05) is 11.6 Å². The van der Waals surface area contributed by atoms with E-state index in [4.69, 9.17) is 16.3 Å². The molecule has 0 fully saturated rings. The predicted octanol–water partition coefficient (Wildman–Crippen LogP) is 2.93. The molecule has 21 heavy (non-hydrogen) atoms. The highest BCUT2D eigenvalue weighted by Crippen LogP contribution is 2.43. The average Bonchev–Trinajstić information content (AvgIpc) is 2.57. The summed E-state index contributed by atoms with van der Waals surface area (Å²) in [6, 6.07) is 6.94. The zero-order valence-electron chi connectivity index (χ0n) is 12.3. The predicted molar refractivity (Wildman–Crippen MR) is 78.6 cm³/mol. The van der Waals surface area contributed by atoms with Gasteiger partial charge < -0.3 is 9.94 Å². The molecule has 6 heteroatoms. The fourth-order valence-corrected chi connectivity index (χ4v) is 2.96. The zero-order valence-corrected chi connectivity index (χ0v) is 13.1. The van der Waals surface area contributed by atoms with Gasteiger partial charge in [-0.3, -0.25) is 0 Å². The fourth-order valence-electron chi connectivity index (χ4n) is 2.83. The molecule has 0 saturated carbocycles. The Balaban J connectivity index is 2.22. The van der Waals surface area contributed by atoms with Gasteiger partial charge in [0.2, 0.25) is 0 Å². The molecule has 110 valence electrons. The number of halogens is 1. The van der Waals surface area contributed by atoms with E-state index in [9.17, 15) is 5.21 Å². The van der Waals surface area contributed by atoms with E-state index in [-0.39, 0.29) is 5.82 Å². The van der Waals surface area contributed by atoms with Gasteiger partial charge in [-0.15, -0.1) is 0 Å². The summed E-state index contributed by atoms with van der Waals surface area (Å²) in [5.41, 5.74) is 0.423. The summed E-state index contributed by atoms with van der Waals surface area (Å²) >= 11 is 5.87. The van der Waals surface area contributed by atoms with Crippen LogP contribution in [-0.4, -0.2) is 10.2 Å². The Morgan fingerprint density at radius 1 is 1.05 bits per heavy atom. The van der Waals surface area contributed by atoms with Crippen LogP contribution in [0.5, 0.6) is 0 Å². The summed E-state index contributed by atoms with van der Waals surface area (Å²) in [6.45, 7) is 7.50. The van der Waals surface area contributed by atoms with E-state index in [0.717, 1.165) is 4.73 Å². The minimum Gasteiger partial charge on any atom is -0.710 e. The molecule has 0 radical (unpaired) electrons. The van der Waals surface area contributed by atoms with Gasteiger partial charge in [0.15, 0.2) is 11.4 Å². The van der Waals surface area contributed by atoms with Gasteiger partial charge >= 0.3 is 5.82 Å². The van der Waals surface area contributed by atoms with Crippen molar-refractivity contribution in [2.24, 2.45) is 0 Å². The molecule has 2 heterocycles. The van der Waals surface area contributed by atoms with E-state index in [1.54, 1.807) is 24.3 Å². The molecule has 1 aliphatic heterocycles. The lowest BCUT2D eigenvalue weighted by atomic mass is 10.0. The maximum absolute atomic E-state index is 12.8. The van der Waals surface area contributed by atoms with Crippen molar-refractivity contribution >= 4 is 11.6 Å². The minimum atomic E-state index is -0.711. The van der Waals surface area contributed by atoms with Crippen LogP contribution in [0.1, 0.15) is 39.1 Å². The lowest BCUT2D eigenvalue weighted by Crippen LogP contribution is -2.42. The highest BCUT2D eigenvalue weighted by atomic mass is 35.5. The lowest BCUT2D eigenvalue weighted by Gasteiger charge is -2.23. The third-order valence-electron chi connectivity index (χ3n) is 3.62. The van der Waals surface area contributed by atoms with E-state index >= 15 is 0 Å². The largest absolute Gasteiger partial charge is 0.710 e. The summed E-state index contributed by atoms with van der Waals surface area (Å²) < 4.78 is 6.77. The van der Waals surface area contributed by atoms with Gasteiger partial charge in [-0.25, -0.2) is 4.73 Å². The fraction of sp³-hybridized carbons (Fsp3) is 0.400. The second kappa shape index (κ2) is 4.39. The van der Waals surface area contributed by atoms with Crippen molar-refractivity contribution in [1.82, 2.24) is 10.2 Å². The minimum absolute atomic E-state index is 0.250. The zero-order chi connectivity index (χ0) is 15.4. The van der Waals surface area contributed by atoms with Crippen LogP contribution in [0.15, 0.2) is 24.3 Å². The molecule has 1 aromatic heterocycles. The molecule has 0 N–H and O–H groups in total. The summed E-state index contributed by atoms with van der Waals surface area (Å²) in [5.74, 6) is 0.250. The Morgan fingerprint density at radius 2 is 1.67 bits per heavy atom. The van der Waals surface area contributed by atoms with E-state index in [2.05, 4.69) is 10.2 Å². The lowest BCUT2D eigenvalue weighted by molar-refractivity contribution is -0.612. The maximum atomic E-state index is 12.8. The van der Waals surface area contributed by atoms with Crippen LogP contribution in [-0.2, 0) is 15.9 Å². The third kappa shape index (κ3) is 2.17. The number of aromatic nitrogens is 3. The van der Waals surface area contributed by atoms with Crippen LogP contribution < -0.4 is 4.73 Å². The Morgan fingerprint density at radius 3 is 2.29 bits per heavy atom. The summed E-state index contributed by atoms with van der Waals surface area (Å²) in [6.07, 6.45) is 0. The highest BCUT2D eigenvalue weighted by Gasteiger charge is 2.50. The molecule has 0 unspecified atom stereocenters. The Bertz CT molecular complexity index is 712. The quantitative estimate of drug-likeness (QED) is 0.600. The Labute approximate surface area is 128 Å². The second-order valence-corrected chi connectivity index (χ2v) is 6.58. The van der Waals surface area contributed by atoms with Crippen molar-refractivity contribution in [1.29, 1.82) is 0 Å². The van der Waals surface area contributed by atoms with Crippen molar-refractivity contribution in [3.8, 4) is 11.4 Å². The molecule has 0 bridgehead atoms. The van der Waals surface area contributed by atoms with E-state index in [0.29, 0.717) is 22.0 Å². The Kier molecular flexibility index (Phi) is 2.97. The first-order chi connectivity index (χ1) is 9.72. The molecular formula is C15H16ClN3O2. The van der Waals surface area contributed by atoms with Crippen LogP contribution >= 0.6 is 11.6 Å². The van der Waals surface area contributed by atoms with E-state index in [1.165, 1.54) is 0 Å². The van der Waals surface area contributed by atoms with Crippen molar-refractivity contribution < 1.29 is 9.47 Å². The summed E-state index contributed by atoms with van der Waals surface area (Å²) in [4.78, 5) is 0. The molecule has 0 aliphatic carbocycles. The summed E-state index contributed by atoms with van der Waals surface area (Å²) in [5, 5.41) is 21.7. The summed E-state index contributed by atoms with van der Waals surface area (Å²) in [7, 11) is 0. The maximum Gasteiger partial charge on any atom is 0.361 e. The molecule has 0 spiro atoms. The van der Waals surface area contributed by atoms with Crippen LogP contribution in [0.25, 0.3) is 11.4 Å². The van der Waals surface area contributed by atoms with Gasteiger partial charge in [0.1, 0.15) is 11.2 Å². The van der Waals surface area contributed by atoms with Gasteiger partial charge in [-0.05, 0) is 57.1 Å². The molecule has 0 amide bonds. The van der Waals surface area contributed by atoms with Crippen molar-refractivity contribution in [3.05, 3.63) is 45.9 Å². The molecule has 0 saturated heterocycles. The number of fused-ring (bicyclic) bond motifs is 1. The number of nitrogens with zero attached hydrogens (tertiary/aromatic N) is 3. The first-order valence-corrected chi connectivity index (χ1v) is 7.07. The van der Waals surface area contributed by atoms with Gasteiger partial charge in [0.05, 0.1) is 10.7 Å². The van der Waals surface area contributed by atoms with Crippen LogP contribution in [0.2, 0.25) is 5.02 Å².